The number of nitrogens with zero attached hydrogens (tertiary/aromatic N) is 1. The van der Waals surface area contributed by atoms with E-state index in [0.717, 1.165) is 12.0 Å². The highest BCUT2D eigenvalue weighted by molar-refractivity contribution is 5.91. The SMILES string of the molecule is CCCN(Cc1ccccc1)C(=O)Nc1ccccc1OC(F)F. The van der Waals surface area contributed by atoms with Gasteiger partial charge in [0.15, 0.2) is 0 Å². The van der Waals surface area contributed by atoms with Gasteiger partial charge in [-0.3, -0.25) is 0 Å². The van der Waals surface area contributed by atoms with Crippen LogP contribution >= 0.6 is 0 Å². The molecule has 0 aromatic heterocycles. The number of para-hydroxylation sites is 2. The summed E-state index contributed by atoms with van der Waals surface area (Å²) >= 11 is 0. The van der Waals surface area contributed by atoms with Crippen molar-refractivity contribution in [2.75, 3.05) is 11.9 Å². The molecule has 24 heavy (non-hydrogen) atoms. The number of carbonyl (C=O) groups is 1. The van der Waals surface area contributed by atoms with Gasteiger partial charge in [0.05, 0.1) is 5.69 Å². The van der Waals surface area contributed by atoms with E-state index in [9.17, 15) is 13.6 Å². The van der Waals surface area contributed by atoms with Gasteiger partial charge in [-0.05, 0) is 24.1 Å². The Morgan fingerprint density at radius 2 is 1.79 bits per heavy atom. The molecule has 0 aliphatic rings. The summed E-state index contributed by atoms with van der Waals surface area (Å²) in [5.41, 5.74) is 1.22. The minimum Gasteiger partial charge on any atom is -0.433 e. The van der Waals surface area contributed by atoms with E-state index < -0.39 is 6.61 Å². The summed E-state index contributed by atoms with van der Waals surface area (Å²) in [6.45, 7) is 0.0231. The van der Waals surface area contributed by atoms with Gasteiger partial charge in [-0.2, -0.15) is 8.78 Å². The first kappa shape index (κ1) is 17.7. The zero-order valence-electron chi connectivity index (χ0n) is 13.4. The number of alkyl halides is 2. The molecular formula is C18H20F2N2O2. The van der Waals surface area contributed by atoms with Crippen molar-refractivity contribution in [2.45, 2.75) is 26.5 Å². The Kier molecular flexibility index (Phi) is 6.54. The Morgan fingerprint density at radius 1 is 1.12 bits per heavy atom. The lowest BCUT2D eigenvalue weighted by atomic mass is 10.2. The molecule has 2 aromatic carbocycles. The van der Waals surface area contributed by atoms with E-state index in [2.05, 4.69) is 10.1 Å². The average molecular weight is 334 g/mol. The van der Waals surface area contributed by atoms with Crippen LogP contribution in [0.25, 0.3) is 0 Å². The van der Waals surface area contributed by atoms with Gasteiger partial charge < -0.3 is 15.0 Å². The fraction of sp³-hybridized carbons (Fsp3) is 0.278. The molecule has 4 nitrogen and oxygen atoms in total. The van der Waals surface area contributed by atoms with Crippen LogP contribution in [0.15, 0.2) is 54.6 Å². The molecule has 6 heteroatoms. The molecule has 0 aliphatic carbocycles. The number of rotatable bonds is 7. The third-order valence-electron chi connectivity index (χ3n) is 3.34. The van der Waals surface area contributed by atoms with Crippen molar-refractivity contribution in [1.29, 1.82) is 0 Å². The highest BCUT2D eigenvalue weighted by Gasteiger charge is 2.16. The number of nitrogens with one attached hydrogen (secondary N) is 1. The maximum absolute atomic E-state index is 12.5. The first-order chi connectivity index (χ1) is 11.6. The highest BCUT2D eigenvalue weighted by atomic mass is 19.3. The predicted octanol–water partition coefficient (Wildman–Crippen LogP) is 4.73. The van der Waals surface area contributed by atoms with Gasteiger partial charge >= 0.3 is 12.6 Å². The van der Waals surface area contributed by atoms with Gasteiger partial charge in [-0.25, -0.2) is 4.79 Å². The van der Waals surface area contributed by atoms with Crippen molar-refractivity contribution in [3.8, 4) is 5.75 Å². The quantitative estimate of drug-likeness (QED) is 0.795. The van der Waals surface area contributed by atoms with E-state index in [-0.39, 0.29) is 17.5 Å². The molecule has 0 fully saturated rings. The van der Waals surface area contributed by atoms with Crippen molar-refractivity contribution >= 4 is 11.7 Å². The van der Waals surface area contributed by atoms with E-state index >= 15 is 0 Å². The number of anilines is 1. The molecule has 0 atom stereocenters. The first-order valence-corrected chi connectivity index (χ1v) is 7.74. The number of hydrogen-bond donors (Lipinski definition) is 1. The Morgan fingerprint density at radius 3 is 2.46 bits per heavy atom. The third kappa shape index (κ3) is 5.22. The van der Waals surface area contributed by atoms with Gasteiger partial charge in [-0.1, -0.05) is 49.4 Å². The first-order valence-electron chi connectivity index (χ1n) is 7.74. The molecular weight excluding hydrogens is 314 g/mol. The number of halogens is 2. The fourth-order valence-electron chi connectivity index (χ4n) is 2.29. The van der Waals surface area contributed by atoms with Crippen molar-refractivity contribution in [3.05, 3.63) is 60.2 Å². The Balaban J connectivity index is 2.10. The van der Waals surface area contributed by atoms with Crippen LogP contribution in [0.2, 0.25) is 0 Å². The number of urea groups is 1. The van der Waals surface area contributed by atoms with E-state index in [1.807, 2.05) is 37.3 Å². The number of benzene rings is 2. The largest absolute Gasteiger partial charge is 0.433 e. The van der Waals surface area contributed by atoms with E-state index in [1.54, 1.807) is 17.0 Å². The molecule has 2 rings (SSSR count). The summed E-state index contributed by atoms with van der Waals surface area (Å²) in [7, 11) is 0. The van der Waals surface area contributed by atoms with Crippen molar-refractivity contribution in [3.63, 3.8) is 0 Å². The Labute approximate surface area is 140 Å². The molecule has 0 radical (unpaired) electrons. The summed E-state index contributed by atoms with van der Waals surface area (Å²) in [6.07, 6.45) is 0.787. The summed E-state index contributed by atoms with van der Waals surface area (Å²) in [5.74, 6) is -0.0583. The fourth-order valence-corrected chi connectivity index (χ4v) is 2.29. The second-order valence-corrected chi connectivity index (χ2v) is 5.21. The maximum atomic E-state index is 12.5. The smallest absolute Gasteiger partial charge is 0.387 e. The lowest BCUT2D eigenvalue weighted by Crippen LogP contribution is -2.35. The van der Waals surface area contributed by atoms with Crippen LogP contribution in [0.4, 0.5) is 19.3 Å². The monoisotopic (exact) mass is 334 g/mol. The van der Waals surface area contributed by atoms with Crippen LogP contribution < -0.4 is 10.1 Å². The van der Waals surface area contributed by atoms with Gasteiger partial charge in [0.1, 0.15) is 5.75 Å². The molecule has 0 spiro atoms. The van der Waals surface area contributed by atoms with E-state index in [0.29, 0.717) is 13.1 Å². The van der Waals surface area contributed by atoms with Crippen molar-refractivity contribution in [1.82, 2.24) is 4.90 Å². The molecule has 0 aliphatic heterocycles. The van der Waals surface area contributed by atoms with Gasteiger partial charge in [0.2, 0.25) is 0 Å². The average Bonchev–Trinajstić information content (AvgIpc) is 2.57. The van der Waals surface area contributed by atoms with Crippen molar-refractivity contribution < 1.29 is 18.3 Å². The lowest BCUT2D eigenvalue weighted by Gasteiger charge is -2.23. The van der Waals surface area contributed by atoms with Crippen LogP contribution in [0.1, 0.15) is 18.9 Å². The minimum absolute atomic E-state index is 0.0583. The molecule has 2 amide bonds. The van der Waals surface area contributed by atoms with Gasteiger partial charge in [-0.15, -0.1) is 0 Å². The van der Waals surface area contributed by atoms with Gasteiger partial charge in [0, 0.05) is 13.1 Å². The van der Waals surface area contributed by atoms with Crippen LogP contribution in [-0.4, -0.2) is 24.1 Å². The summed E-state index contributed by atoms with van der Waals surface area (Å²) in [4.78, 5) is 14.2. The Bertz CT molecular complexity index is 650. The highest BCUT2D eigenvalue weighted by Crippen LogP contribution is 2.26. The number of ether oxygens (including phenoxy) is 1. The summed E-state index contributed by atoms with van der Waals surface area (Å²) in [6, 6.07) is 15.4. The number of amides is 2. The van der Waals surface area contributed by atoms with E-state index in [4.69, 9.17) is 0 Å². The zero-order chi connectivity index (χ0) is 17.4. The molecule has 0 saturated carbocycles. The third-order valence-corrected chi connectivity index (χ3v) is 3.34. The van der Waals surface area contributed by atoms with E-state index in [1.165, 1.54) is 12.1 Å². The topological polar surface area (TPSA) is 41.6 Å². The molecule has 0 unspecified atom stereocenters. The number of carbonyl (C=O) groups excluding carboxylic acids is 1. The van der Waals surface area contributed by atoms with Crippen LogP contribution in [0.3, 0.4) is 0 Å². The Hall–Kier alpha value is -2.63. The summed E-state index contributed by atoms with van der Waals surface area (Å²) in [5, 5.41) is 2.65. The molecule has 0 saturated heterocycles. The number of hydrogen-bond acceptors (Lipinski definition) is 2. The minimum atomic E-state index is -2.95. The predicted molar refractivity (Wildman–Crippen MR) is 89.2 cm³/mol. The van der Waals surface area contributed by atoms with Crippen LogP contribution in [0.5, 0.6) is 5.75 Å². The molecule has 0 heterocycles. The standard InChI is InChI=1S/C18H20F2N2O2/c1-2-12-22(13-14-8-4-3-5-9-14)18(23)21-15-10-6-7-11-16(15)24-17(19)20/h3-11,17H,2,12-13H2,1H3,(H,21,23). The second kappa shape index (κ2) is 8.86. The van der Waals surface area contributed by atoms with Gasteiger partial charge in [0.25, 0.3) is 0 Å². The molecule has 128 valence electrons. The molecule has 2 aromatic rings. The lowest BCUT2D eigenvalue weighted by molar-refractivity contribution is -0.0493. The zero-order valence-corrected chi connectivity index (χ0v) is 13.4. The molecule has 0 bridgehead atoms. The maximum Gasteiger partial charge on any atom is 0.387 e. The van der Waals surface area contributed by atoms with Crippen molar-refractivity contribution in [2.24, 2.45) is 0 Å². The molecule has 1 N–H and O–H groups in total. The van der Waals surface area contributed by atoms with Crippen LogP contribution in [0, 0.1) is 0 Å². The van der Waals surface area contributed by atoms with Crippen LogP contribution in [-0.2, 0) is 6.54 Å². The second-order valence-electron chi connectivity index (χ2n) is 5.21. The summed E-state index contributed by atoms with van der Waals surface area (Å²) < 4.78 is 29.4. The normalized spacial score (nSPS) is 10.5.